The van der Waals surface area contributed by atoms with Gasteiger partial charge in [-0.3, -0.25) is 0 Å². The van der Waals surface area contributed by atoms with Gasteiger partial charge >= 0.3 is 0 Å². The number of nitrogens with two attached hydrogens (primary N) is 1. The average molecular weight is 325 g/mol. The Kier molecular flexibility index (Phi) is 9.59. The van der Waals surface area contributed by atoms with E-state index in [-0.39, 0.29) is 19.4 Å². The number of β-amino-alcohol motifs (C(OH)–C–C–N with tert-alkyl or cyclic N) is 1. The summed E-state index contributed by atoms with van der Waals surface area (Å²) in [6.45, 7) is 2.19. The van der Waals surface area contributed by atoms with E-state index in [1.807, 2.05) is 0 Å². The van der Waals surface area contributed by atoms with Crippen LogP contribution in [0.5, 0.6) is 0 Å². The maximum absolute atomic E-state index is 10.7. The van der Waals surface area contributed by atoms with Crippen LogP contribution < -0.4 is 15.8 Å². The van der Waals surface area contributed by atoms with E-state index >= 15 is 0 Å². The summed E-state index contributed by atoms with van der Waals surface area (Å²) >= 11 is 0. The molecule has 4 unspecified atom stereocenters. The molecule has 0 aromatic heterocycles. The Hall–Kier alpha value is -0.250. The van der Waals surface area contributed by atoms with Gasteiger partial charge in [0.25, 0.3) is 0 Å². The van der Waals surface area contributed by atoms with Gasteiger partial charge in [-0.05, 0) is 25.3 Å². The first-order valence-electron chi connectivity index (χ1n) is 7.05. The largest absolute Gasteiger partial charge is 0.393 e. The number of nitrogens with one attached hydrogen (secondary N) is 2. The lowest BCUT2D eigenvalue weighted by atomic mass is 10.1. The molecule has 2 fully saturated rings. The Morgan fingerprint density at radius 3 is 2.19 bits per heavy atom. The first kappa shape index (κ1) is 20.8. The molecule has 0 aromatic rings. The number of sulfonamides is 1. The van der Waals surface area contributed by atoms with Crippen LogP contribution >= 0.6 is 0 Å². The Bertz CT molecular complexity index is 378. The zero-order chi connectivity index (χ0) is 15.2. The van der Waals surface area contributed by atoms with E-state index < -0.39 is 16.1 Å². The number of aliphatic hydroxyl groups excluding tert-OH is 2. The van der Waals surface area contributed by atoms with Crippen LogP contribution in [0.1, 0.15) is 26.7 Å². The zero-order valence-electron chi connectivity index (χ0n) is 12.0. The molecule has 7 nitrogen and oxygen atoms in total. The van der Waals surface area contributed by atoms with Crippen molar-refractivity contribution in [3.8, 4) is 0 Å². The fraction of sp³-hybridized carbons (Fsp3) is 1.00. The summed E-state index contributed by atoms with van der Waals surface area (Å²) in [5.41, 5.74) is 5.36. The quantitative estimate of drug-likeness (QED) is 0.445. The van der Waals surface area contributed by atoms with Gasteiger partial charge < -0.3 is 21.3 Å². The summed E-state index contributed by atoms with van der Waals surface area (Å²) < 4.78 is 23.7. The van der Waals surface area contributed by atoms with Gasteiger partial charge in [0, 0.05) is 25.6 Å². The highest BCUT2D eigenvalue weighted by Gasteiger charge is 2.25. The molecule has 1 saturated carbocycles. The molecule has 2 rings (SSSR count). The highest BCUT2D eigenvalue weighted by molar-refractivity contribution is 7.88. The second-order valence-corrected chi connectivity index (χ2v) is 7.43. The molecule has 1 saturated heterocycles. The third kappa shape index (κ3) is 8.08. The van der Waals surface area contributed by atoms with Gasteiger partial charge in [0.1, 0.15) is 0 Å². The summed E-state index contributed by atoms with van der Waals surface area (Å²) in [6, 6.07) is 0. The molecule has 2 aliphatic rings. The third-order valence-electron chi connectivity index (χ3n) is 3.83. The second-order valence-electron chi connectivity index (χ2n) is 5.60. The Labute approximate surface area is 128 Å². The molecule has 128 valence electrons. The number of aliphatic hydroxyl groups is 2. The monoisotopic (exact) mass is 325 g/mol. The molecule has 1 heterocycles. The number of hydrogen-bond donors (Lipinski definition) is 5. The van der Waals surface area contributed by atoms with Gasteiger partial charge in [-0.25, -0.2) is 13.1 Å². The smallest absolute Gasteiger partial charge is 0.208 e. The molecule has 0 amide bonds. The summed E-state index contributed by atoms with van der Waals surface area (Å²) in [5.74, 6) is 0.398. The fourth-order valence-corrected chi connectivity index (χ4v) is 2.99. The van der Waals surface area contributed by atoms with Crippen LogP contribution in [0.15, 0.2) is 0 Å². The first-order chi connectivity index (χ1) is 9.33. The van der Waals surface area contributed by atoms with Crippen molar-refractivity contribution in [2.24, 2.45) is 17.6 Å². The molecule has 0 spiro atoms. The molecule has 4 atom stereocenters. The van der Waals surface area contributed by atoms with Crippen LogP contribution in [0.3, 0.4) is 0 Å². The maximum Gasteiger partial charge on any atom is 0.208 e. The normalized spacial score (nSPS) is 32.2. The molecule has 0 radical (unpaired) electrons. The Morgan fingerprint density at radius 2 is 1.86 bits per heavy atom. The highest BCUT2D eigenvalue weighted by Crippen LogP contribution is 2.23. The molecule has 0 aromatic carbocycles. The molecule has 0 bridgehead atoms. The van der Waals surface area contributed by atoms with Crippen LogP contribution in [0.25, 0.3) is 0 Å². The third-order valence-corrected chi connectivity index (χ3v) is 4.52. The minimum atomic E-state index is -3.12. The molecular formula is C13H31N3O4S. The molecule has 6 N–H and O–H groups in total. The van der Waals surface area contributed by atoms with Crippen molar-refractivity contribution >= 4 is 10.0 Å². The molecular weight excluding hydrogens is 294 g/mol. The molecule has 8 heteroatoms. The van der Waals surface area contributed by atoms with E-state index in [2.05, 4.69) is 10.0 Å². The second kappa shape index (κ2) is 9.70. The Balaban J connectivity index is 0.000000390. The fourth-order valence-electron chi connectivity index (χ4n) is 2.48. The van der Waals surface area contributed by atoms with Crippen LogP contribution in [-0.2, 0) is 10.0 Å². The minimum Gasteiger partial charge on any atom is -0.393 e. The van der Waals surface area contributed by atoms with Crippen LogP contribution in [0.2, 0.25) is 0 Å². The van der Waals surface area contributed by atoms with Gasteiger partial charge in [-0.15, -0.1) is 0 Å². The van der Waals surface area contributed by atoms with Gasteiger partial charge in [-0.2, -0.15) is 0 Å². The maximum atomic E-state index is 10.7. The summed E-state index contributed by atoms with van der Waals surface area (Å²) in [5, 5.41) is 21.4. The van der Waals surface area contributed by atoms with Crippen molar-refractivity contribution in [1.82, 2.24) is 10.0 Å². The van der Waals surface area contributed by atoms with Crippen LogP contribution in [-0.4, -0.2) is 63.3 Å². The van der Waals surface area contributed by atoms with Gasteiger partial charge in [0.15, 0.2) is 0 Å². The standard InChI is InChI=1S/C6H14N2O3S.C6H13NO.CH4/c1-12(10,11)8-3-5-2-7-4-6(5)9;7-4-5-2-1-3-6(5)8;/h5-9H,2-4H2,1H3;5-6,8H,1-4,7H2;1H4. The van der Waals surface area contributed by atoms with Crippen molar-refractivity contribution in [2.45, 2.75) is 38.9 Å². The highest BCUT2D eigenvalue weighted by atomic mass is 32.2. The lowest BCUT2D eigenvalue weighted by Crippen LogP contribution is -2.33. The summed E-state index contributed by atoms with van der Waals surface area (Å²) in [6.07, 6.45) is 3.82. The first-order valence-corrected chi connectivity index (χ1v) is 8.94. The van der Waals surface area contributed by atoms with Crippen molar-refractivity contribution in [3.05, 3.63) is 0 Å². The Morgan fingerprint density at radius 1 is 1.19 bits per heavy atom. The van der Waals surface area contributed by atoms with Crippen molar-refractivity contribution in [2.75, 3.05) is 32.4 Å². The average Bonchev–Trinajstić information content (AvgIpc) is 2.95. The van der Waals surface area contributed by atoms with Crippen LogP contribution in [0, 0.1) is 11.8 Å². The van der Waals surface area contributed by atoms with E-state index in [0.29, 0.717) is 32.1 Å². The van der Waals surface area contributed by atoms with Crippen molar-refractivity contribution in [3.63, 3.8) is 0 Å². The molecule has 1 aliphatic heterocycles. The van der Waals surface area contributed by atoms with Gasteiger partial charge in [-0.1, -0.05) is 13.8 Å². The predicted octanol–water partition coefficient (Wildman–Crippen LogP) is -1.14. The predicted molar refractivity (Wildman–Crippen MR) is 84.3 cm³/mol. The SMILES string of the molecule is C.CS(=O)(=O)NCC1CNCC1O.NCC1CCCC1O. The lowest BCUT2D eigenvalue weighted by molar-refractivity contribution is 0.136. The van der Waals surface area contributed by atoms with E-state index in [0.717, 1.165) is 25.5 Å². The minimum absolute atomic E-state index is 0. The molecule has 1 aliphatic carbocycles. The van der Waals surface area contributed by atoms with E-state index in [1.165, 1.54) is 0 Å². The van der Waals surface area contributed by atoms with Gasteiger partial charge in [0.2, 0.25) is 10.0 Å². The zero-order valence-corrected chi connectivity index (χ0v) is 12.8. The lowest BCUT2D eigenvalue weighted by Gasteiger charge is -2.12. The number of hydrogen-bond acceptors (Lipinski definition) is 6. The van der Waals surface area contributed by atoms with Crippen LogP contribution in [0.4, 0.5) is 0 Å². The topological polar surface area (TPSA) is 125 Å². The van der Waals surface area contributed by atoms with Crippen molar-refractivity contribution in [1.29, 1.82) is 0 Å². The molecule has 21 heavy (non-hydrogen) atoms. The summed E-state index contributed by atoms with van der Waals surface area (Å²) in [7, 11) is -3.12. The van der Waals surface area contributed by atoms with E-state index in [9.17, 15) is 13.5 Å². The van der Waals surface area contributed by atoms with Gasteiger partial charge in [0.05, 0.1) is 18.5 Å². The van der Waals surface area contributed by atoms with Crippen molar-refractivity contribution < 1.29 is 18.6 Å². The van der Waals surface area contributed by atoms with E-state index in [1.54, 1.807) is 0 Å². The summed E-state index contributed by atoms with van der Waals surface area (Å²) in [4.78, 5) is 0. The number of rotatable bonds is 4. The van der Waals surface area contributed by atoms with E-state index in [4.69, 9.17) is 10.8 Å².